The molecule has 0 spiro atoms. The van der Waals surface area contributed by atoms with Gasteiger partial charge in [-0.1, -0.05) is 0 Å². The fourth-order valence-corrected chi connectivity index (χ4v) is 1.98. The van der Waals surface area contributed by atoms with Gasteiger partial charge in [0.25, 0.3) is 0 Å². The number of ether oxygens (including phenoxy) is 1. The number of carbonyl (C=O) groups is 2. The lowest BCUT2D eigenvalue weighted by atomic mass is 10.3. The zero-order valence-electron chi connectivity index (χ0n) is 13.3. The van der Waals surface area contributed by atoms with Gasteiger partial charge in [-0.3, -0.25) is 4.90 Å². The second-order valence-corrected chi connectivity index (χ2v) is 5.37. The Bertz CT molecular complexity index is 558. The van der Waals surface area contributed by atoms with Crippen molar-refractivity contribution in [3.05, 3.63) is 24.3 Å². The fourth-order valence-electron chi connectivity index (χ4n) is 1.57. The molecule has 0 atom stereocenters. The number of aliphatic imine (C=N–C) groups is 1. The monoisotopic (exact) mass is 324 g/mol. The van der Waals surface area contributed by atoms with Crippen LogP contribution in [0.2, 0.25) is 0 Å². The molecule has 0 unspecified atom stereocenters. The number of guanidine groups is 1. The summed E-state index contributed by atoms with van der Waals surface area (Å²) in [6.07, 6.45) is 1.21. The maximum absolute atomic E-state index is 12.2. The Hall–Kier alpha value is -2.22. The average Bonchev–Trinajstić information content (AvgIpc) is 2.51. The highest BCUT2D eigenvalue weighted by Gasteiger charge is 2.18. The Labute approximate surface area is 134 Å². The second kappa shape index (κ2) is 8.28. The van der Waals surface area contributed by atoms with Gasteiger partial charge in [-0.2, -0.15) is 0 Å². The van der Waals surface area contributed by atoms with E-state index in [0.29, 0.717) is 5.69 Å². The first kappa shape index (κ1) is 17.8. The lowest BCUT2D eigenvalue weighted by Gasteiger charge is -2.24. The van der Waals surface area contributed by atoms with E-state index in [2.05, 4.69) is 15.0 Å². The third-order valence-electron chi connectivity index (χ3n) is 2.71. The van der Waals surface area contributed by atoms with Crippen molar-refractivity contribution < 1.29 is 14.3 Å². The van der Waals surface area contributed by atoms with Gasteiger partial charge >= 0.3 is 12.1 Å². The lowest BCUT2D eigenvalue weighted by molar-refractivity contribution is 0.181. The van der Waals surface area contributed by atoms with Gasteiger partial charge in [0.05, 0.1) is 7.11 Å². The summed E-state index contributed by atoms with van der Waals surface area (Å²) in [5.41, 5.74) is 0.658. The Morgan fingerprint density at radius 1 is 1.18 bits per heavy atom. The van der Waals surface area contributed by atoms with Crippen LogP contribution in [0.5, 0.6) is 0 Å². The van der Waals surface area contributed by atoms with Crippen molar-refractivity contribution in [3.63, 3.8) is 0 Å². The normalized spacial score (nSPS) is 10.9. The molecular formula is C14H20N4O3S. The standard InChI is InChI=1S/C14H20N4O3S/c1-17(2)12(16-14(20)21-4)18(3)13(19)15-10-6-8-11(22-5)9-7-10/h6-9H,1-5H3,(H,15,19)/b16-12-. The summed E-state index contributed by atoms with van der Waals surface area (Å²) >= 11 is 1.62. The van der Waals surface area contributed by atoms with Crippen molar-refractivity contribution in [1.82, 2.24) is 9.80 Å². The number of benzene rings is 1. The Kier molecular flexibility index (Phi) is 6.71. The predicted octanol–water partition coefficient (Wildman–Crippen LogP) is 2.56. The van der Waals surface area contributed by atoms with Crippen LogP contribution in [-0.4, -0.2) is 62.4 Å². The van der Waals surface area contributed by atoms with Crippen LogP contribution < -0.4 is 5.32 Å². The molecular weight excluding hydrogens is 304 g/mol. The van der Waals surface area contributed by atoms with Gasteiger partial charge in [0, 0.05) is 31.7 Å². The number of amides is 3. The van der Waals surface area contributed by atoms with Crippen molar-refractivity contribution in [1.29, 1.82) is 0 Å². The number of hydrogen-bond acceptors (Lipinski definition) is 4. The summed E-state index contributed by atoms with van der Waals surface area (Å²) in [5.74, 6) is 0.171. The number of rotatable bonds is 2. The minimum absolute atomic E-state index is 0.171. The van der Waals surface area contributed by atoms with Crippen molar-refractivity contribution in [2.45, 2.75) is 4.90 Å². The molecule has 1 aromatic rings. The molecule has 0 aliphatic carbocycles. The zero-order valence-corrected chi connectivity index (χ0v) is 14.1. The lowest BCUT2D eigenvalue weighted by Crippen LogP contribution is -2.44. The highest BCUT2D eigenvalue weighted by Crippen LogP contribution is 2.17. The molecule has 8 heteroatoms. The smallest absolute Gasteiger partial charge is 0.436 e. The summed E-state index contributed by atoms with van der Waals surface area (Å²) in [6.45, 7) is 0. The first-order valence-corrected chi connectivity index (χ1v) is 7.64. The van der Waals surface area contributed by atoms with E-state index < -0.39 is 12.1 Å². The van der Waals surface area contributed by atoms with Gasteiger partial charge in [0.2, 0.25) is 5.96 Å². The summed E-state index contributed by atoms with van der Waals surface area (Å²) < 4.78 is 4.49. The van der Waals surface area contributed by atoms with E-state index in [-0.39, 0.29) is 5.96 Å². The molecule has 0 aliphatic heterocycles. The molecule has 0 fully saturated rings. The van der Waals surface area contributed by atoms with Crippen molar-refractivity contribution in [2.75, 3.05) is 39.8 Å². The van der Waals surface area contributed by atoms with Crippen molar-refractivity contribution >= 4 is 35.5 Å². The molecule has 120 valence electrons. The number of nitrogens with zero attached hydrogens (tertiary/aromatic N) is 3. The van der Waals surface area contributed by atoms with Gasteiger partial charge in [-0.15, -0.1) is 16.8 Å². The van der Waals surface area contributed by atoms with E-state index in [4.69, 9.17) is 0 Å². The summed E-state index contributed by atoms with van der Waals surface area (Å²) in [5, 5.41) is 2.74. The minimum atomic E-state index is -0.771. The number of urea groups is 1. The van der Waals surface area contributed by atoms with Crippen molar-refractivity contribution in [3.8, 4) is 0 Å². The van der Waals surface area contributed by atoms with E-state index in [1.54, 1.807) is 30.8 Å². The molecule has 0 aromatic heterocycles. The highest BCUT2D eigenvalue weighted by atomic mass is 32.2. The quantitative estimate of drug-likeness (QED) is 0.514. The molecule has 1 aromatic carbocycles. The van der Waals surface area contributed by atoms with Crippen LogP contribution in [0.25, 0.3) is 0 Å². The number of hydrogen-bond donors (Lipinski definition) is 1. The molecule has 0 radical (unpaired) electrons. The van der Waals surface area contributed by atoms with Crippen LogP contribution in [0.1, 0.15) is 0 Å². The number of anilines is 1. The Morgan fingerprint density at radius 2 is 1.77 bits per heavy atom. The largest absolute Gasteiger partial charge is 0.451 e. The molecule has 1 rings (SSSR count). The average molecular weight is 324 g/mol. The molecule has 0 saturated heterocycles. The molecule has 0 aliphatic rings. The van der Waals surface area contributed by atoms with Gasteiger partial charge in [-0.05, 0) is 30.5 Å². The third-order valence-corrected chi connectivity index (χ3v) is 3.46. The van der Waals surface area contributed by atoms with Crippen LogP contribution in [0, 0.1) is 0 Å². The van der Waals surface area contributed by atoms with Gasteiger partial charge in [0.1, 0.15) is 0 Å². The van der Waals surface area contributed by atoms with Crippen LogP contribution in [0.4, 0.5) is 15.3 Å². The maximum Gasteiger partial charge on any atom is 0.436 e. The van der Waals surface area contributed by atoms with Crippen LogP contribution in [0.3, 0.4) is 0 Å². The van der Waals surface area contributed by atoms with E-state index in [0.717, 1.165) is 4.90 Å². The van der Waals surface area contributed by atoms with Gasteiger partial charge < -0.3 is 15.0 Å². The van der Waals surface area contributed by atoms with Gasteiger partial charge in [-0.25, -0.2) is 9.59 Å². The number of methoxy groups -OCH3 is 1. The predicted molar refractivity (Wildman–Crippen MR) is 88.5 cm³/mol. The molecule has 0 bridgehead atoms. The van der Waals surface area contributed by atoms with E-state index in [1.165, 1.54) is 19.1 Å². The maximum atomic E-state index is 12.2. The third kappa shape index (κ3) is 4.96. The first-order valence-electron chi connectivity index (χ1n) is 6.41. The molecule has 0 heterocycles. The number of nitrogens with one attached hydrogen (secondary N) is 1. The van der Waals surface area contributed by atoms with E-state index in [1.807, 2.05) is 30.5 Å². The summed E-state index contributed by atoms with van der Waals surface area (Å²) in [6, 6.07) is 7.04. The molecule has 3 amide bonds. The number of thioether (sulfide) groups is 1. The SMILES string of the molecule is COC(=O)/N=C(/N(C)C)N(C)C(=O)Nc1ccc(SC)cc1. The van der Waals surface area contributed by atoms with E-state index >= 15 is 0 Å². The topological polar surface area (TPSA) is 74.2 Å². The first-order chi connectivity index (χ1) is 10.4. The zero-order chi connectivity index (χ0) is 16.7. The van der Waals surface area contributed by atoms with E-state index in [9.17, 15) is 9.59 Å². The molecule has 22 heavy (non-hydrogen) atoms. The Morgan fingerprint density at radius 3 is 2.23 bits per heavy atom. The molecule has 1 N–H and O–H groups in total. The van der Waals surface area contributed by atoms with Crippen molar-refractivity contribution in [2.24, 2.45) is 4.99 Å². The van der Waals surface area contributed by atoms with Crippen LogP contribution >= 0.6 is 11.8 Å². The van der Waals surface area contributed by atoms with Gasteiger partial charge in [0.15, 0.2) is 0 Å². The minimum Gasteiger partial charge on any atom is -0.451 e. The second-order valence-electron chi connectivity index (χ2n) is 4.49. The van der Waals surface area contributed by atoms with Crippen LogP contribution in [-0.2, 0) is 4.74 Å². The van der Waals surface area contributed by atoms with Crippen LogP contribution in [0.15, 0.2) is 34.2 Å². The Balaban J connectivity index is 2.84. The number of carbonyl (C=O) groups excluding carboxylic acids is 2. The molecule has 0 saturated carbocycles. The highest BCUT2D eigenvalue weighted by molar-refractivity contribution is 7.98. The summed E-state index contributed by atoms with van der Waals surface area (Å²) in [7, 11) is 6.11. The molecule has 7 nitrogen and oxygen atoms in total. The fraction of sp³-hybridized carbons (Fsp3) is 0.357. The summed E-state index contributed by atoms with van der Waals surface area (Å²) in [4.78, 5) is 31.1.